The number of carbonyl (C=O) groups is 2. The first-order chi connectivity index (χ1) is 13.4. The van der Waals surface area contributed by atoms with Crippen LogP contribution in [0.2, 0.25) is 0 Å². The van der Waals surface area contributed by atoms with Crippen LogP contribution in [0, 0.1) is 13.8 Å². The van der Waals surface area contributed by atoms with Crippen LogP contribution in [0.15, 0.2) is 72.8 Å². The zero-order valence-electron chi connectivity index (χ0n) is 16.0. The van der Waals surface area contributed by atoms with E-state index < -0.39 is 12.0 Å². The lowest BCUT2D eigenvalue weighted by molar-refractivity contribution is -0.139. The van der Waals surface area contributed by atoms with Gasteiger partial charge in [0.15, 0.2) is 0 Å². The lowest BCUT2D eigenvalue weighted by Crippen LogP contribution is -2.42. The molecular formula is C24H23NO3. The summed E-state index contributed by atoms with van der Waals surface area (Å²) in [5, 5.41) is 12.2. The number of hydrogen-bond acceptors (Lipinski definition) is 2. The van der Waals surface area contributed by atoms with Crippen molar-refractivity contribution in [3.05, 3.63) is 95.1 Å². The minimum Gasteiger partial charge on any atom is -0.480 e. The van der Waals surface area contributed by atoms with Crippen molar-refractivity contribution < 1.29 is 14.7 Å². The van der Waals surface area contributed by atoms with Crippen molar-refractivity contribution in [1.29, 1.82) is 0 Å². The third kappa shape index (κ3) is 4.65. The van der Waals surface area contributed by atoms with E-state index in [9.17, 15) is 14.7 Å². The standard InChI is InChI=1S/C24H23NO3/c1-16-7-11-19(12-8-16)20-13-9-18(10-14-20)15-22(24(27)28)25-23(26)21-6-4-3-5-17(21)2/h3-14,22H,15H2,1-2H3,(H,25,26)(H,27,28). The van der Waals surface area contributed by atoms with E-state index in [-0.39, 0.29) is 12.3 Å². The molecule has 0 saturated carbocycles. The van der Waals surface area contributed by atoms with Crippen molar-refractivity contribution in [1.82, 2.24) is 5.32 Å². The van der Waals surface area contributed by atoms with E-state index >= 15 is 0 Å². The normalized spacial score (nSPS) is 11.6. The molecular weight excluding hydrogens is 350 g/mol. The molecule has 0 aliphatic rings. The van der Waals surface area contributed by atoms with E-state index in [1.165, 1.54) is 5.56 Å². The smallest absolute Gasteiger partial charge is 0.326 e. The van der Waals surface area contributed by atoms with Crippen molar-refractivity contribution in [3.63, 3.8) is 0 Å². The quantitative estimate of drug-likeness (QED) is 0.673. The van der Waals surface area contributed by atoms with Gasteiger partial charge in [-0.05, 0) is 42.2 Å². The molecule has 0 aliphatic carbocycles. The Labute approximate surface area is 164 Å². The van der Waals surface area contributed by atoms with Gasteiger partial charge in [-0.2, -0.15) is 0 Å². The number of carboxylic acids is 1. The molecule has 3 aromatic carbocycles. The Kier molecular flexibility index (Phi) is 5.90. The molecule has 1 amide bonds. The third-order valence-electron chi connectivity index (χ3n) is 4.77. The zero-order valence-corrected chi connectivity index (χ0v) is 16.0. The predicted octanol–water partition coefficient (Wildman–Crippen LogP) is 4.40. The summed E-state index contributed by atoms with van der Waals surface area (Å²) in [6.07, 6.45) is 0.223. The topological polar surface area (TPSA) is 66.4 Å². The number of aliphatic carboxylic acids is 1. The molecule has 0 saturated heterocycles. The summed E-state index contributed by atoms with van der Waals surface area (Å²) in [6.45, 7) is 3.87. The molecule has 3 rings (SSSR count). The summed E-state index contributed by atoms with van der Waals surface area (Å²) in [5.41, 5.74) is 5.54. The van der Waals surface area contributed by atoms with Gasteiger partial charge in [0, 0.05) is 12.0 Å². The molecule has 1 atom stereocenters. The van der Waals surface area contributed by atoms with Crippen molar-refractivity contribution in [2.24, 2.45) is 0 Å². The van der Waals surface area contributed by atoms with Crippen LogP contribution in [-0.2, 0) is 11.2 Å². The Morgan fingerprint density at radius 3 is 2.00 bits per heavy atom. The fourth-order valence-electron chi connectivity index (χ4n) is 3.08. The maximum absolute atomic E-state index is 12.5. The summed E-state index contributed by atoms with van der Waals surface area (Å²) < 4.78 is 0. The number of aryl methyl sites for hydroxylation is 2. The minimum atomic E-state index is -1.05. The zero-order chi connectivity index (χ0) is 20.1. The number of rotatable bonds is 6. The Balaban J connectivity index is 1.72. The SMILES string of the molecule is Cc1ccc(-c2ccc(CC(NC(=O)c3ccccc3C)C(=O)O)cc2)cc1. The van der Waals surface area contributed by atoms with E-state index in [1.54, 1.807) is 12.1 Å². The fraction of sp³-hybridized carbons (Fsp3) is 0.167. The van der Waals surface area contributed by atoms with Gasteiger partial charge in [-0.15, -0.1) is 0 Å². The number of carbonyl (C=O) groups excluding carboxylic acids is 1. The van der Waals surface area contributed by atoms with Crippen LogP contribution in [0.5, 0.6) is 0 Å². The molecule has 3 aromatic rings. The van der Waals surface area contributed by atoms with Crippen molar-refractivity contribution in [2.45, 2.75) is 26.3 Å². The first kappa shape index (κ1) is 19.4. The van der Waals surface area contributed by atoms with Crippen molar-refractivity contribution >= 4 is 11.9 Å². The molecule has 4 heteroatoms. The molecule has 2 N–H and O–H groups in total. The Bertz CT molecular complexity index is 975. The van der Waals surface area contributed by atoms with Crippen LogP contribution in [0.4, 0.5) is 0 Å². The molecule has 0 bridgehead atoms. The highest BCUT2D eigenvalue weighted by atomic mass is 16.4. The molecule has 1 unspecified atom stereocenters. The van der Waals surface area contributed by atoms with E-state index in [2.05, 4.69) is 29.6 Å². The average molecular weight is 373 g/mol. The first-order valence-electron chi connectivity index (χ1n) is 9.19. The number of benzene rings is 3. The third-order valence-corrected chi connectivity index (χ3v) is 4.77. The van der Waals surface area contributed by atoms with Crippen LogP contribution < -0.4 is 5.32 Å². The van der Waals surface area contributed by atoms with Crippen LogP contribution in [-0.4, -0.2) is 23.0 Å². The van der Waals surface area contributed by atoms with Crippen LogP contribution >= 0.6 is 0 Å². The maximum atomic E-state index is 12.5. The Morgan fingerprint density at radius 2 is 1.43 bits per heavy atom. The fourth-order valence-corrected chi connectivity index (χ4v) is 3.08. The average Bonchev–Trinajstić information content (AvgIpc) is 2.69. The molecule has 4 nitrogen and oxygen atoms in total. The summed E-state index contributed by atoms with van der Waals surface area (Å²) >= 11 is 0. The summed E-state index contributed by atoms with van der Waals surface area (Å²) in [7, 11) is 0. The molecule has 0 spiro atoms. The molecule has 0 radical (unpaired) electrons. The number of amides is 1. The summed E-state index contributed by atoms with van der Waals surface area (Å²) in [4.78, 5) is 24.1. The van der Waals surface area contributed by atoms with Gasteiger partial charge < -0.3 is 10.4 Å². The van der Waals surface area contributed by atoms with Gasteiger partial charge in [0.25, 0.3) is 5.91 Å². The largest absolute Gasteiger partial charge is 0.480 e. The van der Waals surface area contributed by atoms with E-state index in [4.69, 9.17) is 0 Å². The number of carboxylic acid groups (broad SMARTS) is 1. The van der Waals surface area contributed by atoms with Gasteiger partial charge in [-0.3, -0.25) is 4.79 Å². The Hall–Kier alpha value is -3.40. The molecule has 142 valence electrons. The second kappa shape index (κ2) is 8.53. The molecule has 0 fully saturated rings. The predicted molar refractivity (Wildman–Crippen MR) is 110 cm³/mol. The maximum Gasteiger partial charge on any atom is 0.326 e. The first-order valence-corrected chi connectivity index (χ1v) is 9.19. The lowest BCUT2D eigenvalue weighted by Gasteiger charge is -2.16. The number of nitrogens with one attached hydrogen (secondary N) is 1. The van der Waals surface area contributed by atoms with Crippen LogP contribution in [0.1, 0.15) is 27.0 Å². The van der Waals surface area contributed by atoms with Gasteiger partial charge in [0.1, 0.15) is 6.04 Å². The molecule has 0 aromatic heterocycles. The van der Waals surface area contributed by atoms with Gasteiger partial charge in [-0.25, -0.2) is 4.79 Å². The summed E-state index contributed by atoms with van der Waals surface area (Å²) in [6, 6.07) is 22.2. The van der Waals surface area contributed by atoms with Crippen LogP contribution in [0.3, 0.4) is 0 Å². The minimum absolute atomic E-state index is 0.223. The highest BCUT2D eigenvalue weighted by molar-refractivity contribution is 5.97. The van der Waals surface area contributed by atoms with Crippen molar-refractivity contribution in [2.75, 3.05) is 0 Å². The van der Waals surface area contributed by atoms with E-state index in [0.29, 0.717) is 5.56 Å². The van der Waals surface area contributed by atoms with Gasteiger partial charge >= 0.3 is 5.97 Å². The van der Waals surface area contributed by atoms with E-state index in [1.807, 2.05) is 50.2 Å². The highest BCUT2D eigenvalue weighted by Crippen LogP contribution is 2.21. The van der Waals surface area contributed by atoms with Gasteiger partial charge in [0.2, 0.25) is 0 Å². The van der Waals surface area contributed by atoms with Crippen LogP contribution in [0.25, 0.3) is 11.1 Å². The molecule has 0 heterocycles. The summed E-state index contributed by atoms with van der Waals surface area (Å²) in [5.74, 6) is -1.42. The van der Waals surface area contributed by atoms with Gasteiger partial charge in [-0.1, -0.05) is 72.3 Å². The lowest BCUT2D eigenvalue weighted by atomic mass is 9.99. The molecule has 28 heavy (non-hydrogen) atoms. The van der Waals surface area contributed by atoms with E-state index in [0.717, 1.165) is 22.3 Å². The number of hydrogen-bond donors (Lipinski definition) is 2. The van der Waals surface area contributed by atoms with Crippen molar-refractivity contribution in [3.8, 4) is 11.1 Å². The molecule has 0 aliphatic heterocycles. The highest BCUT2D eigenvalue weighted by Gasteiger charge is 2.21. The Morgan fingerprint density at radius 1 is 0.857 bits per heavy atom. The monoisotopic (exact) mass is 373 g/mol. The second-order valence-corrected chi connectivity index (χ2v) is 6.95. The van der Waals surface area contributed by atoms with Gasteiger partial charge in [0.05, 0.1) is 0 Å². The second-order valence-electron chi connectivity index (χ2n) is 6.95.